The first-order valence-corrected chi connectivity index (χ1v) is 8.37. The van der Waals surface area contributed by atoms with Gasteiger partial charge in [-0.05, 0) is 19.3 Å². The molecule has 2 heterocycles. The Morgan fingerprint density at radius 2 is 2.05 bits per heavy atom. The van der Waals surface area contributed by atoms with Gasteiger partial charge in [-0.15, -0.1) is 11.8 Å². The highest BCUT2D eigenvalue weighted by molar-refractivity contribution is 8.09. The monoisotopic (exact) mass is 315 g/mol. The van der Waals surface area contributed by atoms with Crippen molar-refractivity contribution in [2.24, 2.45) is 0 Å². The smallest absolute Gasteiger partial charge is 0.347 e. The summed E-state index contributed by atoms with van der Waals surface area (Å²) in [5.41, 5.74) is 0.894. The van der Waals surface area contributed by atoms with E-state index in [0.29, 0.717) is 18.1 Å². The first-order chi connectivity index (χ1) is 9.67. The van der Waals surface area contributed by atoms with Crippen LogP contribution < -0.4 is 0 Å². The van der Waals surface area contributed by atoms with E-state index in [1.54, 1.807) is 13.8 Å². The van der Waals surface area contributed by atoms with Gasteiger partial charge < -0.3 is 14.4 Å². The average Bonchev–Trinajstić information content (AvgIpc) is 2.82. The Bertz CT molecular complexity index is 473. The topological polar surface area (TPSA) is 55.8 Å². The number of hydrogen-bond acceptors (Lipinski definition) is 7. The number of esters is 2. The Morgan fingerprint density at radius 1 is 1.30 bits per heavy atom. The van der Waals surface area contributed by atoms with Crippen LogP contribution in [0.15, 0.2) is 21.0 Å². The van der Waals surface area contributed by atoms with Crippen LogP contribution in [0.4, 0.5) is 0 Å². The van der Waals surface area contributed by atoms with Crippen molar-refractivity contribution in [3.05, 3.63) is 21.0 Å². The van der Waals surface area contributed by atoms with E-state index in [4.69, 9.17) is 9.47 Å². The van der Waals surface area contributed by atoms with Crippen molar-refractivity contribution in [1.29, 1.82) is 0 Å². The molecule has 0 fully saturated rings. The average molecular weight is 315 g/mol. The van der Waals surface area contributed by atoms with Crippen LogP contribution in [0.5, 0.6) is 0 Å². The highest BCUT2D eigenvalue weighted by Crippen LogP contribution is 2.44. The second kappa shape index (κ2) is 7.08. The highest BCUT2D eigenvalue weighted by atomic mass is 32.2. The molecule has 0 radical (unpaired) electrons. The van der Waals surface area contributed by atoms with Crippen LogP contribution in [0, 0.1) is 0 Å². The molecule has 7 heteroatoms. The largest absolute Gasteiger partial charge is 0.466 e. The second-order valence-electron chi connectivity index (χ2n) is 4.06. The number of ether oxygens (including phenoxy) is 2. The fourth-order valence-electron chi connectivity index (χ4n) is 1.94. The molecule has 0 bridgehead atoms. The second-order valence-corrected chi connectivity index (χ2v) is 6.03. The lowest BCUT2D eigenvalue weighted by molar-refractivity contribution is -0.142. The van der Waals surface area contributed by atoms with Crippen molar-refractivity contribution in [1.82, 2.24) is 4.90 Å². The molecule has 0 atom stereocenters. The van der Waals surface area contributed by atoms with E-state index in [9.17, 15) is 9.59 Å². The number of thioether (sulfide) groups is 2. The van der Waals surface area contributed by atoms with E-state index in [2.05, 4.69) is 0 Å². The number of nitrogens with zero attached hydrogens (tertiary/aromatic N) is 1. The van der Waals surface area contributed by atoms with Crippen LogP contribution in [-0.2, 0) is 19.1 Å². The maximum atomic E-state index is 11.9. The van der Waals surface area contributed by atoms with Gasteiger partial charge in [0.2, 0.25) is 0 Å². The Morgan fingerprint density at radius 3 is 2.75 bits per heavy atom. The van der Waals surface area contributed by atoms with Gasteiger partial charge in [0.15, 0.2) is 0 Å². The van der Waals surface area contributed by atoms with Crippen LogP contribution in [-0.4, -0.2) is 42.3 Å². The van der Waals surface area contributed by atoms with Gasteiger partial charge in [-0.2, -0.15) is 0 Å². The molecule has 0 aliphatic carbocycles. The molecule has 0 N–H and O–H groups in total. The van der Waals surface area contributed by atoms with E-state index in [1.807, 2.05) is 10.3 Å². The number of rotatable bonds is 5. The predicted molar refractivity (Wildman–Crippen MR) is 79.7 cm³/mol. The summed E-state index contributed by atoms with van der Waals surface area (Å²) in [6, 6.07) is 0. The van der Waals surface area contributed by atoms with E-state index in [1.165, 1.54) is 23.5 Å². The van der Waals surface area contributed by atoms with Gasteiger partial charge in [0.05, 0.1) is 19.6 Å². The van der Waals surface area contributed by atoms with Crippen LogP contribution >= 0.6 is 23.5 Å². The molecule has 0 saturated heterocycles. The first-order valence-electron chi connectivity index (χ1n) is 6.50. The molecule has 0 amide bonds. The summed E-state index contributed by atoms with van der Waals surface area (Å²) in [5.74, 6) is 0.283. The fourth-order valence-corrected chi connectivity index (χ4v) is 4.14. The molecule has 0 aromatic carbocycles. The number of fused-ring (bicyclic) bond motifs is 1. The molecule has 20 heavy (non-hydrogen) atoms. The number of hydrogen-bond donors (Lipinski definition) is 0. The van der Waals surface area contributed by atoms with Crippen LogP contribution in [0.2, 0.25) is 0 Å². The van der Waals surface area contributed by atoms with Crippen molar-refractivity contribution < 1.29 is 19.1 Å². The van der Waals surface area contributed by atoms with Crippen LogP contribution in [0.3, 0.4) is 0 Å². The van der Waals surface area contributed by atoms with Gasteiger partial charge in [0.1, 0.15) is 9.93 Å². The van der Waals surface area contributed by atoms with Gasteiger partial charge in [0.25, 0.3) is 0 Å². The Kier molecular flexibility index (Phi) is 5.42. The number of carbonyl (C=O) groups is 2. The maximum Gasteiger partial charge on any atom is 0.347 e. The van der Waals surface area contributed by atoms with Crippen molar-refractivity contribution in [3.8, 4) is 0 Å². The molecular weight excluding hydrogens is 298 g/mol. The number of carbonyl (C=O) groups excluding carboxylic acids is 2. The molecule has 2 aliphatic heterocycles. The summed E-state index contributed by atoms with van der Waals surface area (Å²) in [7, 11) is 0. The van der Waals surface area contributed by atoms with Gasteiger partial charge in [-0.1, -0.05) is 11.8 Å². The van der Waals surface area contributed by atoms with Crippen LogP contribution in [0.1, 0.15) is 20.3 Å². The van der Waals surface area contributed by atoms with Crippen molar-refractivity contribution in [2.45, 2.75) is 20.3 Å². The maximum absolute atomic E-state index is 11.9. The van der Waals surface area contributed by atoms with E-state index < -0.39 is 0 Å². The van der Waals surface area contributed by atoms with Crippen molar-refractivity contribution >= 4 is 35.5 Å². The van der Waals surface area contributed by atoms with E-state index in [0.717, 1.165) is 23.0 Å². The lowest BCUT2D eigenvalue weighted by Crippen LogP contribution is -2.28. The quantitative estimate of drug-likeness (QED) is 0.722. The summed E-state index contributed by atoms with van der Waals surface area (Å²) in [6.07, 6.45) is 0.241. The summed E-state index contributed by atoms with van der Waals surface area (Å²) < 4.78 is 10.0. The lowest BCUT2D eigenvalue weighted by atomic mass is 10.3. The minimum atomic E-state index is -0.282. The highest BCUT2D eigenvalue weighted by Gasteiger charge is 2.32. The molecule has 5 nitrogen and oxygen atoms in total. The van der Waals surface area contributed by atoms with Crippen molar-refractivity contribution in [2.75, 3.05) is 25.5 Å². The van der Waals surface area contributed by atoms with Crippen molar-refractivity contribution in [3.63, 3.8) is 0 Å². The molecular formula is C13H17NO4S2. The lowest BCUT2D eigenvalue weighted by Gasteiger charge is -2.28. The molecule has 2 aliphatic rings. The third-order valence-electron chi connectivity index (χ3n) is 2.75. The van der Waals surface area contributed by atoms with E-state index >= 15 is 0 Å². The zero-order valence-electron chi connectivity index (χ0n) is 11.5. The van der Waals surface area contributed by atoms with Gasteiger partial charge >= 0.3 is 11.9 Å². The molecule has 0 unspecified atom stereocenters. The summed E-state index contributed by atoms with van der Waals surface area (Å²) in [5, 5.41) is 2.79. The molecule has 0 aromatic heterocycles. The normalized spacial score (nSPS) is 17.7. The zero-order chi connectivity index (χ0) is 14.5. The molecule has 0 spiro atoms. The first kappa shape index (κ1) is 15.3. The Hall–Kier alpha value is -1.08. The SMILES string of the molecule is CCOC(=O)CC1=CSC2=C(C(=O)OCC)SCCN12. The molecule has 0 saturated carbocycles. The van der Waals surface area contributed by atoms with Gasteiger partial charge in [-0.25, -0.2) is 4.79 Å². The summed E-state index contributed by atoms with van der Waals surface area (Å²) >= 11 is 2.98. The summed E-state index contributed by atoms with van der Waals surface area (Å²) in [6.45, 7) is 5.12. The fraction of sp³-hybridized carbons (Fsp3) is 0.538. The Labute approximate surface area is 126 Å². The van der Waals surface area contributed by atoms with E-state index in [-0.39, 0.29) is 18.4 Å². The standard InChI is InChI=1S/C13H17NO4S2/c1-3-17-10(15)7-9-8-20-12-11(13(16)18-4-2)19-6-5-14(9)12/h8H,3-7H2,1-2H3. The molecule has 2 rings (SSSR count). The zero-order valence-corrected chi connectivity index (χ0v) is 13.1. The van der Waals surface area contributed by atoms with Gasteiger partial charge in [-0.3, -0.25) is 4.79 Å². The van der Waals surface area contributed by atoms with Gasteiger partial charge in [0, 0.05) is 18.0 Å². The minimum Gasteiger partial charge on any atom is -0.466 e. The minimum absolute atomic E-state index is 0.239. The summed E-state index contributed by atoms with van der Waals surface area (Å²) in [4.78, 5) is 26.2. The third-order valence-corrected chi connectivity index (χ3v) is 4.95. The van der Waals surface area contributed by atoms with Crippen LogP contribution in [0.25, 0.3) is 0 Å². The Balaban J connectivity index is 2.10. The molecule has 0 aromatic rings. The third kappa shape index (κ3) is 3.32. The predicted octanol–water partition coefficient (Wildman–Crippen LogP) is 2.31. The molecule has 110 valence electrons.